The lowest BCUT2D eigenvalue weighted by Gasteiger charge is -2.08. The quantitative estimate of drug-likeness (QED) is 0.130. The Bertz CT molecular complexity index is 269. The smallest absolute Gasteiger partial charge is 0.0701 e. The van der Waals surface area contributed by atoms with Crippen LogP contribution >= 0.6 is 11.6 Å². The van der Waals surface area contributed by atoms with Crippen molar-refractivity contribution in [1.29, 1.82) is 0 Å². The van der Waals surface area contributed by atoms with Crippen molar-refractivity contribution < 1.29 is 28.4 Å². The topological polar surface area (TPSA) is 55.4 Å². The highest BCUT2D eigenvalue weighted by atomic mass is 35.5. The van der Waals surface area contributed by atoms with E-state index in [1.165, 1.54) is 38.5 Å². The van der Waals surface area contributed by atoms with Gasteiger partial charge in [-0.05, 0) is 19.3 Å². The van der Waals surface area contributed by atoms with Crippen LogP contribution in [0.3, 0.4) is 0 Å². The van der Waals surface area contributed by atoms with Crippen molar-refractivity contribution in [3.8, 4) is 0 Å². The van der Waals surface area contributed by atoms with Gasteiger partial charge in [0.25, 0.3) is 0 Å². The molecule has 0 heterocycles. The van der Waals surface area contributed by atoms with E-state index in [2.05, 4.69) is 6.92 Å². The number of rotatable bonds is 27. The summed E-state index contributed by atoms with van der Waals surface area (Å²) in [5.41, 5.74) is 0. The maximum atomic E-state index is 5.64. The average Bonchev–Trinajstić information content (AvgIpc) is 2.76. The largest absolute Gasteiger partial charge is 0.379 e. The summed E-state index contributed by atoms with van der Waals surface area (Å²) in [6, 6.07) is 0. The fourth-order valence-electron chi connectivity index (χ4n) is 2.66. The van der Waals surface area contributed by atoms with E-state index in [0.29, 0.717) is 66.1 Å². The van der Waals surface area contributed by atoms with Gasteiger partial charge in [0, 0.05) is 19.1 Å². The molecule has 0 N–H and O–H groups in total. The van der Waals surface area contributed by atoms with Crippen molar-refractivity contribution in [3.63, 3.8) is 0 Å². The van der Waals surface area contributed by atoms with E-state index < -0.39 is 0 Å². The van der Waals surface area contributed by atoms with E-state index in [9.17, 15) is 0 Å². The fraction of sp³-hybridized carbons (Fsp3) is 1.00. The fourth-order valence-corrected chi connectivity index (χ4v) is 2.85. The molecule has 0 bridgehead atoms. The van der Waals surface area contributed by atoms with Crippen molar-refractivity contribution in [2.24, 2.45) is 0 Å². The molecule has 0 fully saturated rings. The third kappa shape index (κ3) is 28.1. The van der Waals surface area contributed by atoms with Gasteiger partial charge in [-0.15, -0.1) is 11.6 Å². The minimum Gasteiger partial charge on any atom is -0.379 e. The second-order valence-electron chi connectivity index (χ2n) is 7.19. The Morgan fingerprint density at radius 1 is 0.367 bits per heavy atom. The predicted octanol–water partition coefficient (Wildman–Crippen LogP) is 4.86. The van der Waals surface area contributed by atoms with Gasteiger partial charge in [-0.3, -0.25) is 0 Å². The first-order chi connectivity index (χ1) is 14.9. The molecule has 6 nitrogen and oxygen atoms in total. The first-order valence-corrected chi connectivity index (χ1v) is 12.5. The van der Waals surface area contributed by atoms with Crippen LogP contribution in [0.15, 0.2) is 0 Å². The standard InChI is InChI=1S/C23H47ClO6/c1-2-3-4-6-9-12-25-14-16-27-18-20-29-22-23-30-21-19-28-17-15-26-13-10-7-5-8-11-24/h2-23H2,1H3. The van der Waals surface area contributed by atoms with Gasteiger partial charge in [0.1, 0.15) is 0 Å². The molecule has 0 unspecified atom stereocenters. The summed E-state index contributed by atoms with van der Waals surface area (Å²) < 4.78 is 32.9. The Hall–Kier alpha value is 0.0500. The molecule has 0 aliphatic heterocycles. The van der Waals surface area contributed by atoms with Crippen molar-refractivity contribution in [3.05, 3.63) is 0 Å². The molecular weight excluding hydrogens is 408 g/mol. The molecule has 0 radical (unpaired) electrons. The molecule has 0 amide bonds. The monoisotopic (exact) mass is 454 g/mol. The maximum Gasteiger partial charge on any atom is 0.0701 e. The van der Waals surface area contributed by atoms with Crippen LogP contribution < -0.4 is 0 Å². The van der Waals surface area contributed by atoms with Gasteiger partial charge < -0.3 is 28.4 Å². The third-order valence-electron chi connectivity index (χ3n) is 4.42. The number of alkyl halides is 1. The van der Waals surface area contributed by atoms with Crippen molar-refractivity contribution >= 4 is 11.6 Å². The summed E-state index contributed by atoms with van der Waals surface area (Å²) in [7, 11) is 0. The molecule has 0 aromatic carbocycles. The molecular formula is C23H47ClO6. The number of halogens is 1. The molecule has 0 aliphatic carbocycles. The van der Waals surface area contributed by atoms with Crippen molar-refractivity contribution in [2.75, 3.05) is 85.2 Å². The molecule has 0 saturated heterocycles. The lowest BCUT2D eigenvalue weighted by Crippen LogP contribution is -2.14. The average molecular weight is 455 g/mol. The second-order valence-corrected chi connectivity index (χ2v) is 7.57. The van der Waals surface area contributed by atoms with Crippen LogP contribution in [0, 0.1) is 0 Å². The summed E-state index contributed by atoms with van der Waals surface area (Å²) in [6.45, 7) is 9.90. The normalized spacial score (nSPS) is 11.4. The molecule has 7 heteroatoms. The lowest BCUT2D eigenvalue weighted by atomic mass is 10.2. The zero-order valence-corrected chi connectivity index (χ0v) is 20.1. The Balaban J connectivity index is 2.97. The van der Waals surface area contributed by atoms with Crippen LogP contribution in [-0.4, -0.2) is 85.2 Å². The first kappa shape index (κ1) is 30.0. The van der Waals surface area contributed by atoms with Gasteiger partial charge >= 0.3 is 0 Å². The molecule has 0 saturated carbocycles. The van der Waals surface area contributed by atoms with Gasteiger partial charge in [-0.25, -0.2) is 0 Å². The Morgan fingerprint density at radius 3 is 1.00 bits per heavy atom. The summed E-state index contributed by atoms with van der Waals surface area (Å²) in [6.07, 6.45) is 10.9. The Morgan fingerprint density at radius 2 is 0.667 bits per heavy atom. The number of hydrogen-bond acceptors (Lipinski definition) is 6. The number of unbranched alkanes of at least 4 members (excludes halogenated alkanes) is 7. The molecule has 0 aromatic heterocycles. The zero-order chi connectivity index (χ0) is 21.8. The van der Waals surface area contributed by atoms with E-state index in [1.807, 2.05) is 0 Å². The van der Waals surface area contributed by atoms with Gasteiger partial charge in [-0.1, -0.05) is 45.4 Å². The number of ether oxygens (including phenoxy) is 6. The number of hydrogen-bond donors (Lipinski definition) is 0. The molecule has 0 aliphatic rings. The molecule has 0 spiro atoms. The molecule has 0 rings (SSSR count). The van der Waals surface area contributed by atoms with Crippen LogP contribution in [0.2, 0.25) is 0 Å². The van der Waals surface area contributed by atoms with Crippen molar-refractivity contribution in [1.82, 2.24) is 0 Å². The highest BCUT2D eigenvalue weighted by Gasteiger charge is 1.95. The maximum absolute atomic E-state index is 5.64. The predicted molar refractivity (Wildman–Crippen MR) is 123 cm³/mol. The van der Waals surface area contributed by atoms with Crippen LogP contribution in [0.5, 0.6) is 0 Å². The van der Waals surface area contributed by atoms with Crippen molar-refractivity contribution in [2.45, 2.75) is 64.7 Å². The van der Waals surface area contributed by atoms with E-state index in [4.69, 9.17) is 40.0 Å². The summed E-state index contributed by atoms with van der Waals surface area (Å²) >= 11 is 5.64. The summed E-state index contributed by atoms with van der Waals surface area (Å²) in [5, 5.41) is 0. The van der Waals surface area contributed by atoms with Gasteiger partial charge in [0.05, 0.1) is 66.1 Å². The minimum absolute atomic E-state index is 0.573. The molecule has 0 atom stereocenters. The van der Waals surface area contributed by atoms with Gasteiger partial charge in [-0.2, -0.15) is 0 Å². The van der Waals surface area contributed by atoms with E-state index in [0.717, 1.165) is 38.4 Å². The minimum atomic E-state index is 0.573. The Kier molecular flexibility index (Phi) is 29.1. The van der Waals surface area contributed by atoms with E-state index >= 15 is 0 Å². The van der Waals surface area contributed by atoms with E-state index in [-0.39, 0.29) is 0 Å². The zero-order valence-electron chi connectivity index (χ0n) is 19.4. The van der Waals surface area contributed by atoms with Gasteiger partial charge in [0.15, 0.2) is 0 Å². The van der Waals surface area contributed by atoms with Gasteiger partial charge in [0.2, 0.25) is 0 Å². The highest BCUT2D eigenvalue weighted by molar-refractivity contribution is 6.17. The molecule has 30 heavy (non-hydrogen) atoms. The Labute approximate surface area is 190 Å². The SMILES string of the molecule is CCCCCCCOCCOCCOCCOCCOCCOCCCCCCCl. The summed E-state index contributed by atoms with van der Waals surface area (Å²) in [5.74, 6) is 0.756. The van der Waals surface area contributed by atoms with Crippen LogP contribution in [0.1, 0.15) is 64.7 Å². The summed E-state index contributed by atoms with van der Waals surface area (Å²) in [4.78, 5) is 0. The second kappa shape index (κ2) is 29.1. The van der Waals surface area contributed by atoms with Crippen LogP contribution in [0.4, 0.5) is 0 Å². The molecule has 0 aromatic rings. The third-order valence-corrected chi connectivity index (χ3v) is 4.69. The highest BCUT2D eigenvalue weighted by Crippen LogP contribution is 2.02. The van der Waals surface area contributed by atoms with Crippen LogP contribution in [-0.2, 0) is 28.4 Å². The molecule has 182 valence electrons. The van der Waals surface area contributed by atoms with E-state index in [1.54, 1.807) is 0 Å². The lowest BCUT2D eigenvalue weighted by molar-refractivity contribution is -0.0169. The van der Waals surface area contributed by atoms with Crippen LogP contribution in [0.25, 0.3) is 0 Å². The first-order valence-electron chi connectivity index (χ1n) is 11.9.